The first kappa shape index (κ1) is 86.1. The molecule has 28 heteroatoms. The number of nitrogens with one attached hydrogen (secondary N) is 1. The van der Waals surface area contributed by atoms with Crippen molar-refractivity contribution in [1.29, 1.82) is 0 Å². The highest BCUT2D eigenvalue weighted by Crippen LogP contribution is 2.38. The van der Waals surface area contributed by atoms with Crippen LogP contribution >= 0.6 is 47.8 Å². The number of methoxy groups -OCH3 is 5. The van der Waals surface area contributed by atoms with Crippen LogP contribution in [-0.2, 0) is 74.1 Å². The number of carbonyl (C=O) groups is 7. The Balaban J connectivity index is 0.000000154. The van der Waals surface area contributed by atoms with Crippen LogP contribution < -0.4 is 19.5 Å². The lowest BCUT2D eigenvalue weighted by Gasteiger charge is -2.33. The third-order valence-electron chi connectivity index (χ3n) is 19.8. The summed E-state index contributed by atoms with van der Waals surface area (Å²) in [7, 11) is 6.80. The van der Waals surface area contributed by atoms with Gasteiger partial charge in [-0.1, -0.05) is 102 Å². The molecule has 4 aromatic heterocycles. The summed E-state index contributed by atoms with van der Waals surface area (Å²) in [5.41, 5.74) is 11.3. The average Bonchev–Trinajstić information content (AvgIpc) is 1.65. The van der Waals surface area contributed by atoms with Crippen molar-refractivity contribution in [3.63, 3.8) is 0 Å². The van der Waals surface area contributed by atoms with E-state index >= 15 is 0 Å². The molecule has 5 aliphatic heterocycles. The van der Waals surface area contributed by atoms with Gasteiger partial charge >= 0.3 is 29.8 Å². The lowest BCUT2D eigenvalue weighted by atomic mass is 9.94. The van der Waals surface area contributed by atoms with Crippen molar-refractivity contribution in [1.82, 2.24) is 35.1 Å². The highest BCUT2D eigenvalue weighted by Gasteiger charge is 2.37. The van der Waals surface area contributed by atoms with Crippen molar-refractivity contribution >= 4 is 89.5 Å². The van der Waals surface area contributed by atoms with E-state index in [-0.39, 0.29) is 85.4 Å². The van der Waals surface area contributed by atoms with Gasteiger partial charge in [0.1, 0.15) is 37.1 Å². The number of amides is 2. The maximum atomic E-state index is 13.4. The molecule has 2 saturated heterocycles. The fourth-order valence-electron chi connectivity index (χ4n) is 13.3. The average molecular weight is 1750 g/mol. The minimum atomic E-state index is -0.417. The van der Waals surface area contributed by atoms with Gasteiger partial charge in [-0.05, 0) is 157 Å². The van der Waals surface area contributed by atoms with Crippen molar-refractivity contribution in [3.05, 3.63) is 276 Å². The van der Waals surface area contributed by atoms with Gasteiger partial charge in [0, 0.05) is 138 Å². The van der Waals surface area contributed by atoms with Crippen LogP contribution in [0.5, 0.6) is 17.2 Å². The van der Waals surface area contributed by atoms with E-state index in [1.165, 1.54) is 35.5 Å². The molecule has 25 nitrogen and oxygen atoms in total. The zero-order valence-corrected chi connectivity index (χ0v) is 68.6. The van der Waals surface area contributed by atoms with Crippen LogP contribution in [0, 0.1) is 11.8 Å². The first-order valence-electron chi connectivity index (χ1n) is 37.0. The molecule has 2 unspecified atom stereocenters. The van der Waals surface area contributed by atoms with Crippen LogP contribution in [0.15, 0.2) is 198 Å². The molecular formula is C86H90Br3N7O18. The predicted octanol–water partition coefficient (Wildman–Crippen LogP) is 14.1. The molecule has 2 amide bonds. The van der Waals surface area contributed by atoms with Crippen LogP contribution in [0.1, 0.15) is 158 Å². The monoisotopic (exact) mass is 1750 g/mol. The fourth-order valence-corrected chi connectivity index (χ4v) is 15.3. The second-order valence-corrected chi connectivity index (χ2v) is 29.1. The van der Waals surface area contributed by atoms with Gasteiger partial charge in [0.15, 0.2) is 0 Å². The Morgan fingerprint density at radius 3 is 1.24 bits per heavy atom. The molecule has 0 spiro atoms. The molecular weight excluding hydrogens is 1660 g/mol. The van der Waals surface area contributed by atoms with Gasteiger partial charge in [0.05, 0.1) is 94.6 Å². The molecule has 14 rings (SSSR count). The van der Waals surface area contributed by atoms with E-state index in [4.69, 9.17) is 42.6 Å². The number of hydrogen-bond acceptors (Lipinski definition) is 23. The molecule has 114 heavy (non-hydrogen) atoms. The van der Waals surface area contributed by atoms with Gasteiger partial charge in [-0.15, -0.1) is 0 Å². The molecule has 0 saturated carbocycles. The van der Waals surface area contributed by atoms with E-state index < -0.39 is 11.9 Å². The second kappa shape index (κ2) is 43.8. The Hall–Kier alpha value is -10.3. The highest BCUT2D eigenvalue weighted by molar-refractivity contribution is 9.11. The van der Waals surface area contributed by atoms with E-state index in [1.807, 2.05) is 94.9 Å². The molecule has 4 atom stereocenters. The van der Waals surface area contributed by atoms with Crippen molar-refractivity contribution in [2.45, 2.75) is 87.5 Å². The first-order chi connectivity index (χ1) is 55.4. The van der Waals surface area contributed by atoms with Crippen molar-refractivity contribution < 1.29 is 86.0 Å². The number of aromatic nitrogens is 4. The quantitative estimate of drug-likeness (QED) is 0.0516. The van der Waals surface area contributed by atoms with Crippen molar-refractivity contribution in [3.8, 4) is 17.2 Å². The minimum absolute atomic E-state index is 0.0564. The number of nitrogens with zero attached hydrogens (tertiary/aromatic N) is 6. The predicted molar refractivity (Wildman–Crippen MR) is 432 cm³/mol. The first-order valence-corrected chi connectivity index (χ1v) is 39.7. The number of aryl methyl sites for hydroxylation is 1. The number of alkyl halides is 1. The Labute approximate surface area is 687 Å². The van der Waals surface area contributed by atoms with Gasteiger partial charge in [-0.2, -0.15) is 0 Å². The van der Waals surface area contributed by atoms with Crippen LogP contribution in [0.2, 0.25) is 0 Å². The number of fused-ring (bicyclic) bond motifs is 3. The Bertz CT molecular complexity index is 4550. The molecule has 9 heterocycles. The number of aliphatic hydroxyl groups excluding tert-OH is 1. The molecule has 5 aromatic carbocycles. The van der Waals surface area contributed by atoms with Crippen molar-refractivity contribution in [2.24, 2.45) is 11.8 Å². The van der Waals surface area contributed by atoms with E-state index in [2.05, 4.69) is 77.8 Å². The molecule has 598 valence electrons. The summed E-state index contributed by atoms with van der Waals surface area (Å²) in [6.45, 7) is 5.09. The normalized spacial score (nSPS) is 16.6. The number of aliphatic hydroxyl groups is 1. The largest absolute Gasteiger partial charge is 0.491 e. The summed E-state index contributed by atoms with van der Waals surface area (Å²) in [5, 5.41) is 13.8. The third kappa shape index (κ3) is 23.4. The lowest BCUT2D eigenvalue weighted by Crippen LogP contribution is -2.41. The Morgan fingerprint density at radius 1 is 0.474 bits per heavy atom. The molecule has 0 aliphatic carbocycles. The van der Waals surface area contributed by atoms with Crippen molar-refractivity contribution in [2.75, 3.05) is 88.4 Å². The second-order valence-electron chi connectivity index (χ2n) is 26.8. The van der Waals surface area contributed by atoms with E-state index in [0.717, 1.165) is 109 Å². The van der Waals surface area contributed by atoms with Gasteiger partial charge in [-0.3, -0.25) is 29.5 Å². The summed E-state index contributed by atoms with van der Waals surface area (Å²) >= 11 is 10.2. The number of benzene rings is 5. The molecule has 2 fully saturated rings. The van der Waals surface area contributed by atoms with E-state index in [9.17, 15) is 38.7 Å². The number of ether oxygens (including phenoxy) is 10. The van der Waals surface area contributed by atoms with Gasteiger partial charge in [0.25, 0.3) is 0 Å². The Morgan fingerprint density at radius 2 is 0.851 bits per heavy atom. The van der Waals surface area contributed by atoms with Gasteiger partial charge < -0.3 is 67.6 Å². The van der Waals surface area contributed by atoms with Crippen LogP contribution in [0.3, 0.4) is 0 Å². The molecule has 0 bridgehead atoms. The fraction of sp³-hybridized carbons (Fsp3) is 0.337. The number of rotatable bonds is 16. The maximum absolute atomic E-state index is 13.4. The Kier molecular flexibility index (Phi) is 33.1. The van der Waals surface area contributed by atoms with E-state index in [1.54, 1.807) is 104 Å². The molecule has 2 N–H and O–H groups in total. The smallest absolute Gasteiger partial charge is 0.337 e. The minimum Gasteiger partial charge on any atom is -0.491 e. The number of pyridine rings is 4. The SMILES string of the molecule is COC(=O)c1ccc(CBr)c(Br)c1.COC(=O)c1ccc(CCC(CO)c2cccnc2)c(Br)c1.COC(=O)c1ccc2c(c1)OCC(c1cccnc1)NC2.COC(=O)c1ccc2c(c1)OC[C@@H](c1cccnc1)N(C(=O)C1CCOCC1)C2.COC(=O)c1ccc2c(c1)OC[C@H](c1cccnc1)N(C(=O)C1CCOCC1)C2. The summed E-state index contributed by atoms with van der Waals surface area (Å²) in [4.78, 5) is 105. The summed E-state index contributed by atoms with van der Waals surface area (Å²) in [6, 6.07) is 41.6. The molecule has 5 aliphatic rings. The number of hydrogen-bond donors (Lipinski definition) is 2. The number of carbonyl (C=O) groups excluding carboxylic acids is 7. The zero-order valence-electron chi connectivity index (χ0n) is 63.8. The zero-order chi connectivity index (χ0) is 80.9. The van der Waals surface area contributed by atoms with Crippen LogP contribution in [0.4, 0.5) is 0 Å². The summed E-state index contributed by atoms with van der Waals surface area (Å²) < 4.78 is 54.3. The standard InChI is InChI=1S/2C22H24N2O5.C17H18BrNO3.C16H16N2O3.C9H8Br2O2/c2*1-27-22(26)16-4-5-18-13-24(21(25)15-6-9-28-10-7-15)19(14-29-20(18)11-16)17-3-2-8-23-12-17;1-22-17(21)13-6-4-12(16(18)9-13)5-7-15(11-20)14-3-2-8-19-10-14;1-20-16(19)11-4-5-13-9-18-14(10-21-15(13)7-11)12-3-2-6-17-8-12;1-13-9(12)6-2-3-7(5-10)8(11)4-6/h2*2-5,8,11-12,15,19H,6-7,9-10,13-14H2,1H3;2-4,6,8-10,15,20H,5,7,11H2,1H3;2-8,14,18H,9-10H2,1H3;2-4H,5H2,1H3/t2*19-;;;/m10.../s1. The molecule has 9 aromatic rings. The topological polar surface area (TPSA) is 302 Å². The highest BCUT2D eigenvalue weighted by atomic mass is 79.9. The van der Waals surface area contributed by atoms with Gasteiger partial charge in [0.2, 0.25) is 11.8 Å². The summed E-state index contributed by atoms with van der Waals surface area (Å²) in [6.07, 6.45) is 18.6. The number of halogens is 3. The third-order valence-corrected chi connectivity index (χ3v) is 21.9. The van der Waals surface area contributed by atoms with Gasteiger partial charge in [-0.25, -0.2) is 24.0 Å². The van der Waals surface area contributed by atoms with Crippen LogP contribution in [-0.4, -0.2) is 165 Å². The van der Waals surface area contributed by atoms with E-state index in [0.29, 0.717) is 92.0 Å². The lowest BCUT2D eigenvalue weighted by molar-refractivity contribution is -0.143. The number of esters is 5. The maximum Gasteiger partial charge on any atom is 0.337 e. The molecule has 0 radical (unpaired) electrons. The van der Waals surface area contributed by atoms with Crippen LogP contribution in [0.25, 0.3) is 0 Å². The summed E-state index contributed by atoms with van der Waals surface area (Å²) in [5.74, 6) is 0.217.